The third-order valence-corrected chi connectivity index (χ3v) is 10.5. The zero-order chi connectivity index (χ0) is 33.1. The van der Waals surface area contributed by atoms with E-state index in [9.17, 15) is 9.59 Å². The molecule has 4 rings (SSSR count). The first-order valence-corrected chi connectivity index (χ1v) is 16.7. The van der Waals surface area contributed by atoms with Crippen LogP contribution in [-0.4, -0.2) is 122 Å². The third kappa shape index (κ3) is 8.51. The van der Waals surface area contributed by atoms with Crippen molar-refractivity contribution in [3.63, 3.8) is 0 Å². The fourth-order valence-electron chi connectivity index (χ4n) is 7.71. The first kappa shape index (κ1) is 35.9. The van der Waals surface area contributed by atoms with E-state index in [1.807, 2.05) is 38.2 Å². The molecular weight excluding hydrogens is 572 g/mol. The Morgan fingerprint density at radius 3 is 2.40 bits per heavy atom. The van der Waals surface area contributed by atoms with E-state index < -0.39 is 35.3 Å². The molecule has 3 saturated heterocycles. The van der Waals surface area contributed by atoms with E-state index in [0.717, 1.165) is 38.3 Å². The standard InChI is InChI=1S/C35H58N4O6/c1-23-17-35(6,42-10)32(45-30-16-28(37(7)8)15-24(2)44-30)25(3)31(40)34(4,5)33(41)43-22-29(38(9)18-23)26-19-39(20-26)21-27-13-11-12-14-36-27/h11-14,23-26,28-30,32H,15-22H2,1-10H3/t23-,24-,25+,28+,29?,30+,32-,35-/m1/s1. The summed E-state index contributed by atoms with van der Waals surface area (Å²) in [6, 6.07) is 6.32. The Morgan fingerprint density at radius 1 is 1.07 bits per heavy atom. The Labute approximate surface area is 271 Å². The maximum atomic E-state index is 14.2. The number of hydrogen-bond acceptors (Lipinski definition) is 10. The highest BCUT2D eigenvalue weighted by Gasteiger charge is 2.50. The zero-order valence-corrected chi connectivity index (χ0v) is 29.3. The Hall–Kier alpha value is -1.95. The van der Waals surface area contributed by atoms with Crippen LogP contribution in [0.25, 0.3) is 0 Å². The van der Waals surface area contributed by atoms with Crippen LogP contribution in [-0.2, 0) is 35.1 Å². The van der Waals surface area contributed by atoms with Crippen molar-refractivity contribution in [3.05, 3.63) is 30.1 Å². The van der Waals surface area contributed by atoms with E-state index in [1.54, 1.807) is 21.0 Å². The molecule has 0 N–H and O–H groups in total. The molecule has 0 aromatic carbocycles. The number of hydrogen-bond donors (Lipinski definition) is 0. The number of likely N-dealkylation sites (N-methyl/N-ethyl adjacent to an activating group) is 1. The van der Waals surface area contributed by atoms with Gasteiger partial charge in [0, 0.05) is 69.8 Å². The predicted molar refractivity (Wildman–Crippen MR) is 173 cm³/mol. The number of carbonyl (C=O) groups is 2. The van der Waals surface area contributed by atoms with Gasteiger partial charge in [0.15, 0.2) is 12.1 Å². The topological polar surface area (TPSA) is 93.7 Å². The van der Waals surface area contributed by atoms with Gasteiger partial charge in [-0.25, -0.2) is 0 Å². The lowest BCUT2D eigenvalue weighted by molar-refractivity contribution is -0.263. The largest absolute Gasteiger partial charge is 0.463 e. The third-order valence-electron chi connectivity index (χ3n) is 10.5. The first-order valence-electron chi connectivity index (χ1n) is 16.7. The SMILES string of the molecule is CO[C@]1(C)C[C@@H](C)CN(C)C(C2CN(Cc3ccccn3)C2)COC(=O)C(C)(C)C(=O)[C@H](C)[C@H]1O[C@H]1C[C@@H](N(C)C)C[C@@H](C)O1. The van der Waals surface area contributed by atoms with Crippen LogP contribution in [0.5, 0.6) is 0 Å². The summed E-state index contributed by atoms with van der Waals surface area (Å²) in [5.41, 5.74) is -1.10. The number of aromatic nitrogens is 1. The van der Waals surface area contributed by atoms with Gasteiger partial charge in [-0.1, -0.05) is 19.9 Å². The maximum Gasteiger partial charge on any atom is 0.319 e. The van der Waals surface area contributed by atoms with Crippen molar-refractivity contribution in [2.24, 2.45) is 23.2 Å². The number of Topliss-reactive ketones (excluding diaryl/α,β-unsaturated/α-hetero) is 1. The predicted octanol–water partition coefficient (Wildman–Crippen LogP) is 3.87. The molecule has 0 saturated carbocycles. The van der Waals surface area contributed by atoms with Gasteiger partial charge in [-0.3, -0.25) is 24.4 Å². The number of rotatable bonds is 7. The monoisotopic (exact) mass is 630 g/mol. The van der Waals surface area contributed by atoms with Crippen LogP contribution in [0, 0.1) is 23.2 Å². The lowest BCUT2D eigenvalue weighted by Gasteiger charge is -2.47. The average molecular weight is 631 g/mol. The molecule has 1 aromatic rings. The fraction of sp³-hybridized carbons (Fsp3) is 0.800. The summed E-state index contributed by atoms with van der Waals surface area (Å²) in [4.78, 5) is 39.2. The highest BCUT2D eigenvalue weighted by molar-refractivity contribution is 6.04. The summed E-state index contributed by atoms with van der Waals surface area (Å²) in [6.45, 7) is 15.2. The van der Waals surface area contributed by atoms with Crippen molar-refractivity contribution in [1.29, 1.82) is 0 Å². The second kappa shape index (κ2) is 14.9. The molecule has 8 atom stereocenters. The van der Waals surface area contributed by atoms with Gasteiger partial charge < -0.3 is 23.8 Å². The number of pyridine rings is 1. The summed E-state index contributed by atoms with van der Waals surface area (Å²) < 4.78 is 25.3. The number of ketones is 1. The molecule has 0 spiro atoms. The molecule has 0 radical (unpaired) electrons. The van der Waals surface area contributed by atoms with E-state index in [-0.39, 0.29) is 30.5 Å². The molecule has 45 heavy (non-hydrogen) atoms. The van der Waals surface area contributed by atoms with Crippen molar-refractivity contribution >= 4 is 11.8 Å². The molecule has 4 heterocycles. The summed E-state index contributed by atoms with van der Waals surface area (Å²) in [5.74, 6) is -0.796. The molecule has 10 heteroatoms. The fourth-order valence-corrected chi connectivity index (χ4v) is 7.71. The molecule has 3 aliphatic rings. The highest BCUT2D eigenvalue weighted by atomic mass is 16.7. The van der Waals surface area contributed by atoms with Gasteiger partial charge in [-0.2, -0.15) is 0 Å². The molecule has 10 nitrogen and oxygen atoms in total. The van der Waals surface area contributed by atoms with Crippen LogP contribution in [0.3, 0.4) is 0 Å². The van der Waals surface area contributed by atoms with Crippen LogP contribution in [0.15, 0.2) is 24.4 Å². The quantitative estimate of drug-likeness (QED) is 0.327. The maximum absolute atomic E-state index is 14.2. The molecule has 0 amide bonds. The van der Waals surface area contributed by atoms with Gasteiger partial charge in [-0.15, -0.1) is 0 Å². The van der Waals surface area contributed by atoms with Crippen LogP contribution >= 0.6 is 0 Å². The van der Waals surface area contributed by atoms with Crippen molar-refractivity contribution in [3.8, 4) is 0 Å². The lowest BCUT2D eigenvalue weighted by atomic mass is 9.74. The summed E-state index contributed by atoms with van der Waals surface area (Å²) >= 11 is 0. The number of ether oxygens (including phenoxy) is 4. The van der Waals surface area contributed by atoms with Gasteiger partial charge in [0.25, 0.3) is 0 Å². The van der Waals surface area contributed by atoms with E-state index in [0.29, 0.717) is 24.8 Å². The van der Waals surface area contributed by atoms with Crippen LogP contribution in [0.2, 0.25) is 0 Å². The average Bonchev–Trinajstić information content (AvgIpc) is 2.97. The number of nitrogens with zero attached hydrogens (tertiary/aromatic N) is 4. The Bertz CT molecular complexity index is 1130. The Balaban J connectivity index is 1.57. The number of cyclic esters (lactones) is 1. The molecule has 1 aromatic heterocycles. The highest BCUT2D eigenvalue weighted by Crippen LogP contribution is 2.38. The number of esters is 1. The van der Waals surface area contributed by atoms with Crippen LogP contribution < -0.4 is 0 Å². The minimum absolute atomic E-state index is 0.0213. The van der Waals surface area contributed by atoms with Crippen molar-refractivity contribution in [2.75, 3.05) is 54.5 Å². The second-order valence-electron chi connectivity index (χ2n) is 15.0. The Kier molecular flexibility index (Phi) is 11.9. The van der Waals surface area contributed by atoms with Crippen molar-refractivity contribution in [2.45, 2.75) is 104 Å². The lowest BCUT2D eigenvalue weighted by Crippen LogP contribution is -2.58. The summed E-state index contributed by atoms with van der Waals surface area (Å²) in [6.07, 6.45) is 3.01. The van der Waals surface area contributed by atoms with Gasteiger partial charge >= 0.3 is 5.97 Å². The molecule has 1 unspecified atom stereocenters. The number of carbonyl (C=O) groups excluding carboxylic acids is 2. The van der Waals surface area contributed by atoms with E-state index in [1.165, 1.54) is 0 Å². The van der Waals surface area contributed by atoms with Crippen molar-refractivity contribution in [1.82, 2.24) is 19.7 Å². The summed E-state index contributed by atoms with van der Waals surface area (Å²) in [5, 5.41) is 0. The van der Waals surface area contributed by atoms with E-state index in [2.05, 4.69) is 54.7 Å². The minimum atomic E-state index is -1.35. The zero-order valence-electron chi connectivity index (χ0n) is 29.3. The molecule has 3 aliphatic heterocycles. The number of likely N-dealkylation sites (tertiary alicyclic amines) is 1. The van der Waals surface area contributed by atoms with E-state index in [4.69, 9.17) is 18.9 Å². The van der Waals surface area contributed by atoms with E-state index >= 15 is 0 Å². The van der Waals surface area contributed by atoms with Gasteiger partial charge in [0.2, 0.25) is 0 Å². The molecule has 254 valence electrons. The molecule has 0 aliphatic carbocycles. The van der Waals surface area contributed by atoms with Crippen molar-refractivity contribution < 1.29 is 28.5 Å². The van der Waals surface area contributed by atoms with Gasteiger partial charge in [0.05, 0.1) is 23.5 Å². The normalized spacial score (nSPS) is 36.5. The molecule has 0 bridgehead atoms. The molecule has 3 fully saturated rings. The molecular formula is C35H58N4O6. The summed E-state index contributed by atoms with van der Waals surface area (Å²) in [7, 11) is 7.96. The number of methoxy groups -OCH3 is 1. The minimum Gasteiger partial charge on any atom is -0.463 e. The van der Waals surface area contributed by atoms with Gasteiger partial charge in [-0.05, 0) is 79.7 Å². The first-order chi connectivity index (χ1) is 21.1. The second-order valence-corrected chi connectivity index (χ2v) is 15.0. The van der Waals surface area contributed by atoms with Crippen LogP contribution in [0.1, 0.15) is 66.5 Å². The Morgan fingerprint density at radius 2 is 1.78 bits per heavy atom. The van der Waals surface area contributed by atoms with Gasteiger partial charge in [0.1, 0.15) is 12.0 Å². The smallest absolute Gasteiger partial charge is 0.319 e. The van der Waals surface area contributed by atoms with Crippen LogP contribution in [0.4, 0.5) is 0 Å².